The summed E-state index contributed by atoms with van der Waals surface area (Å²) < 4.78 is 0. The first kappa shape index (κ1) is 9.28. The molecular weight excluding hydrogens is 122 g/mol. The van der Waals surface area contributed by atoms with Gasteiger partial charge < -0.3 is 5.32 Å². The summed E-state index contributed by atoms with van der Waals surface area (Å²) >= 11 is 0. The summed E-state index contributed by atoms with van der Waals surface area (Å²) in [6, 6.07) is 0. The fourth-order valence-corrected chi connectivity index (χ4v) is 0.805. The van der Waals surface area contributed by atoms with Gasteiger partial charge >= 0.3 is 0 Å². The SMILES string of the molecule is C=C/C(=C/NC)C(C)CC. The quantitative estimate of drug-likeness (QED) is 0.589. The second-order valence-corrected chi connectivity index (χ2v) is 2.45. The van der Waals surface area contributed by atoms with Gasteiger partial charge in [-0.25, -0.2) is 0 Å². The van der Waals surface area contributed by atoms with E-state index in [9.17, 15) is 0 Å². The van der Waals surface area contributed by atoms with Crippen molar-refractivity contribution in [3.05, 3.63) is 24.4 Å². The van der Waals surface area contributed by atoms with Crippen molar-refractivity contribution in [3.63, 3.8) is 0 Å². The minimum Gasteiger partial charge on any atom is -0.394 e. The molecule has 0 saturated heterocycles. The van der Waals surface area contributed by atoms with Crippen LogP contribution in [-0.4, -0.2) is 7.05 Å². The molecule has 1 N–H and O–H groups in total. The largest absolute Gasteiger partial charge is 0.394 e. The van der Waals surface area contributed by atoms with Gasteiger partial charge in [0, 0.05) is 7.05 Å². The first-order chi connectivity index (χ1) is 4.76. The Hall–Kier alpha value is -0.720. The van der Waals surface area contributed by atoms with Gasteiger partial charge in [-0.1, -0.05) is 26.5 Å². The van der Waals surface area contributed by atoms with E-state index >= 15 is 0 Å². The summed E-state index contributed by atoms with van der Waals surface area (Å²) in [5, 5.41) is 3.00. The first-order valence-electron chi connectivity index (χ1n) is 3.76. The van der Waals surface area contributed by atoms with Gasteiger partial charge in [0.15, 0.2) is 0 Å². The summed E-state index contributed by atoms with van der Waals surface area (Å²) in [7, 11) is 1.91. The smallest absolute Gasteiger partial charge is 0.00278 e. The molecule has 0 heterocycles. The van der Waals surface area contributed by atoms with E-state index in [1.165, 1.54) is 12.0 Å². The van der Waals surface area contributed by atoms with Crippen LogP contribution >= 0.6 is 0 Å². The highest BCUT2D eigenvalue weighted by Gasteiger charge is 2.00. The van der Waals surface area contributed by atoms with Crippen LogP contribution in [0.1, 0.15) is 20.3 Å². The molecule has 0 saturated carbocycles. The average molecular weight is 139 g/mol. The Kier molecular flexibility index (Phi) is 4.73. The van der Waals surface area contributed by atoms with E-state index in [0.717, 1.165) is 0 Å². The van der Waals surface area contributed by atoms with E-state index in [0.29, 0.717) is 5.92 Å². The van der Waals surface area contributed by atoms with Gasteiger partial charge in [-0.2, -0.15) is 0 Å². The van der Waals surface area contributed by atoms with Crippen LogP contribution in [0.5, 0.6) is 0 Å². The van der Waals surface area contributed by atoms with E-state index < -0.39 is 0 Å². The maximum atomic E-state index is 3.74. The number of nitrogens with one attached hydrogen (secondary N) is 1. The predicted molar refractivity (Wildman–Crippen MR) is 46.8 cm³/mol. The lowest BCUT2D eigenvalue weighted by atomic mass is 10.00. The Labute approximate surface area is 63.8 Å². The normalized spacial score (nSPS) is 14.5. The Morgan fingerprint density at radius 1 is 1.70 bits per heavy atom. The third-order valence-corrected chi connectivity index (χ3v) is 1.73. The van der Waals surface area contributed by atoms with E-state index in [1.807, 2.05) is 19.3 Å². The first-order valence-corrected chi connectivity index (χ1v) is 3.76. The maximum Gasteiger partial charge on any atom is 0.00278 e. The lowest BCUT2D eigenvalue weighted by Gasteiger charge is -2.08. The zero-order valence-electron chi connectivity index (χ0n) is 7.15. The van der Waals surface area contributed by atoms with Crippen LogP contribution in [0, 0.1) is 5.92 Å². The van der Waals surface area contributed by atoms with Crippen molar-refractivity contribution in [3.8, 4) is 0 Å². The topological polar surface area (TPSA) is 12.0 Å². The van der Waals surface area contributed by atoms with E-state index in [1.54, 1.807) is 0 Å². The molecule has 0 aliphatic rings. The molecule has 1 heteroatoms. The molecule has 58 valence electrons. The fraction of sp³-hybridized carbons (Fsp3) is 0.556. The Bertz CT molecular complexity index is 125. The Morgan fingerprint density at radius 2 is 2.30 bits per heavy atom. The van der Waals surface area contributed by atoms with Gasteiger partial charge in [0.05, 0.1) is 0 Å². The summed E-state index contributed by atoms with van der Waals surface area (Å²) in [6.07, 6.45) is 5.07. The minimum atomic E-state index is 0.616. The number of hydrogen-bond donors (Lipinski definition) is 1. The second-order valence-electron chi connectivity index (χ2n) is 2.45. The summed E-state index contributed by atoms with van der Waals surface area (Å²) in [5.41, 5.74) is 1.28. The van der Waals surface area contributed by atoms with Crippen LogP contribution in [0.25, 0.3) is 0 Å². The second kappa shape index (κ2) is 5.10. The molecule has 0 aliphatic heterocycles. The van der Waals surface area contributed by atoms with Crippen LogP contribution in [0.4, 0.5) is 0 Å². The molecule has 0 spiro atoms. The van der Waals surface area contributed by atoms with Crippen molar-refractivity contribution in [2.45, 2.75) is 20.3 Å². The van der Waals surface area contributed by atoms with E-state index in [4.69, 9.17) is 0 Å². The molecule has 0 aromatic carbocycles. The molecule has 1 nitrogen and oxygen atoms in total. The summed E-state index contributed by atoms with van der Waals surface area (Å²) in [5.74, 6) is 0.616. The van der Waals surface area contributed by atoms with Crippen molar-refractivity contribution >= 4 is 0 Å². The van der Waals surface area contributed by atoms with Gasteiger partial charge in [-0.3, -0.25) is 0 Å². The van der Waals surface area contributed by atoms with Crippen LogP contribution in [-0.2, 0) is 0 Å². The molecule has 0 radical (unpaired) electrons. The average Bonchev–Trinajstić information content (AvgIpc) is 1.99. The molecule has 0 amide bonds. The predicted octanol–water partition coefficient (Wildman–Crippen LogP) is 2.32. The van der Waals surface area contributed by atoms with E-state index in [2.05, 4.69) is 25.7 Å². The Morgan fingerprint density at radius 3 is 2.60 bits per heavy atom. The third kappa shape index (κ3) is 2.72. The molecule has 0 bridgehead atoms. The number of hydrogen-bond acceptors (Lipinski definition) is 1. The molecule has 0 aromatic rings. The van der Waals surface area contributed by atoms with Crippen molar-refractivity contribution < 1.29 is 0 Å². The van der Waals surface area contributed by atoms with Crippen molar-refractivity contribution in [1.29, 1.82) is 0 Å². The number of rotatable bonds is 4. The summed E-state index contributed by atoms with van der Waals surface area (Å²) in [6.45, 7) is 8.12. The molecule has 0 aromatic heterocycles. The highest BCUT2D eigenvalue weighted by Crippen LogP contribution is 2.13. The van der Waals surface area contributed by atoms with Crippen molar-refractivity contribution in [1.82, 2.24) is 5.32 Å². The molecule has 0 rings (SSSR count). The van der Waals surface area contributed by atoms with Gasteiger partial charge in [-0.15, -0.1) is 0 Å². The zero-order valence-corrected chi connectivity index (χ0v) is 7.15. The molecule has 1 unspecified atom stereocenters. The third-order valence-electron chi connectivity index (χ3n) is 1.73. The van der Waals surface area contributed by atoms with Crippen molar-refractivity contribution in [2.75, 3.05) is 7.05 Å². The molecular formula is C9H17N. The Balaban J connectivity index is 4.05. The standard InChI is InChI=1S/C9H17N/c1-5-8(3)9(6-2)7-10-4/h6-8,10H,2,5H2,1,3-4H3/b9-7-. The van der Waals surface area contributed by atoms with E-state index in [-0.39, 0.29) is 0 Å². The van der Waals surface area contributed by atoms with Crippen LogP contribution in [0.15, 0.2) is 24.4 Å². The zero-order chi connectivity index (χ0) is 7.98. The van der Waals surface area contributed by atoms with Crippen LogP contribution < -0.4 is 5.32 Å². The summed E-state index contributed by atoms with van der Waals surface area (Å²) in [4.78, 5) is 0. The maximum absolute atomic E-state index is 3.74. The van der Waals surface area contributed by atoms with Gasteiger partial charge in [0.1, 0.15) is 0 Å². The monoisotopic (exact) mass is 139 g/mol. The molecule has 10 heavy (non-hydrogen) atoms. The lowest BCUT2D eigenvalue weighted by molar-refractivity contribution is 0.665. The van der Waals surface area contributed by atoms with Crippen LogP contribution in [0.3, 0.4) is 0 Å². The molecule has 0 fully saturated rings. The fourth-order valence-electron chi connectivity index (χ4n) is 0.805. The van der Waals surface area contributed by atoms with Gasteiger partial charge in [0.2, 0.25) is 0 Å². The number of allylic oxidation sites excluding steroid dienone is 2. The molecule has 1 atom stereocenters. The van der Waals surface area contributed by atoms with Crippen molar-refractivity contribution in [2.24, 2.45) is 5.92 Å². The minimum absolute atomic E-state index is 0.616. The van der Waals surface area contributed by atoms with Gasteiger partial charge in [-0.05, 0) is 24.1 Å². The highest BCUT2D eigenvalue weighted by atomic mass is 14.8. The lowest BCUT2D eigenvalue weighted by Crippen LogP contribution is -2.01. The van der Waals surface area contributed by atoms with Gasteiger partial charge in [0.25, 0.3) is 0 Å². The highest BCUT2D eigenvalue weighted by molar-refractivity contribution is 5.17. The van der Waals surface area contributed by atoms with Crippen LogP contribution in [0.2, 0.25) is 0 Å². The molecule has 0 aliphatic carbocycles.